The van der Waals surface area contributed by atoms with Crippen LogP contribution in [0.2, 0.25) is 0 Å². The summed E-state index contributed by atoms with van der Waals surface area (Å²) in [5.41, 5.74) is 6.73. The molecule has 2 rings (SSSR count). The number of carboxylic acid groups (broad SMARTS) is 1. The van der Waals surface area contributed by atoms with Gasteiger partial charge in [0.2, 0.25) is 23.6 Å². The molecular weight excluding hydrogens is 482 g/mol. The summed E-state index contributed by atoms with van der Waals surface area (Å²) in [6.07, 6.45) is -0.897. The minimum atomic E-state index is -1.17. The molecule has 0 fully saturated rings. The number of nitrogens with two attached hydrogens (primary N) is 1. The number of aliphatic carboxylic acids is 1. The summed E-state index contributed by atoms with van der Waals surface area (Å²) in [6.45, 7) is -1.44. The zero-order valence-corrected chi connectivity index (χ0v) is 20.1. The number of ether oxygens (including phenoxy) is 1. The maximum absolute atomic E-state index is 12.7. The van der Waals surface area contributed by atoms with Crippen LogP contribution >= 0.6 is 0 Å². The molecule has 0 radical (unpaired) electrons. The fraction of sp³-hybridized carbons (Fsp3) is 0.320. The summed E-state index contributed by atoms with van der Waals surface area (Å²) in [5.74, 6) is -3.53. The Morgan fingerprint density at radius 3 is 1.89 bits per heavy atom. The number of benzene rings is 2. The zero-order chi connectivity index (χ0) is 27.0. The van der Waals surface area contributed by atoms with E-state index < -0.39 is 48.3 Å². The van der Waals surface area contributed by atoms with E-state index in [1.807, 2.05) is 6.07 Å². The lowest BCUT2D eigenvalue weighted by molar-refractivity contribution is -0.151. The van der Waals surface area contributed by atoms with E-state index in [-0.39, 0.29) is 32.7 Å². The third-order valence-electron chi connectivity index (χ3n) is 5.08. The van der Waals surface area contributed by atoms with Crippen molar-refractivity contribution in [2.45, 2.75) is 25.0 Å². The molecule has 2 aromatic rings. The van der Waals surface area contributed by atoms with E-state index in [9.17, 15) is 29.1 Å². The standard InChI is InChI=1S/C25H31N5O7/c26-13-21(31)27-15-23(33)30-19(11-17-7-3-1-4-8-17)24(34)28-14-22(32)29-16-37-20(25(35)36)12-18-9-5-2-6-10-18/h1-10,19-20H,11-16,26H2,(H,27,31)(H,28,34)(H,29,32)(H,30,33)(H,35,36)/t19-,20?/m0/s1. The van der Waals surface area contributed by atoms with Crippen LogP contribution in [0, 0.1) is 0 Å². The van der Waals surface area contributed by atoms with Crippen molar-refractivity contribution in [3.8, 4) is 0 Å². The monoisotopic (exact) mass is 513 g/mol. The van der Waals surface area contributed by atoms with Crippen molar-refractivity contribution >= 4 is 29.6 Å². The summed E-state index contributed by atoms with van der Waals surface area (Å²) < 4.78 is 5.27. The molecule has 7 N–H and O–H groups in total. The summed E-state index contributed by atoms with van der Waals surface area (Å²) in [7, 11) is 0. The molecule has 0 aliphatic carbocycles. The van der Waals surface area contributed by atoms with E-state index in [0.29, 0.717) is 0 Å². The number of nitrogens with one attached hydrogen (secondary N) is 4. The van der Waals surface area contributed by atoms with Crippen molar-refractivity contribution in [3.63, 3.8) is 0 Å². The molecule has 37 heavy (non-hydrogen) atoms. The van der Waals surface area contributed by atoms with Gasteiger partial charge in [-0.25, -0.2) is 4.79 Å². The second kappa shape index (κ2) is 15.7. The Kier molecular flexibility index (Phi) is 12.2. The number of rotatable bonds is 15. The molecule has 0 bridgehead atoms. The first-order valence-electron chi connectivity index (χ1n) is 11.5. The van der Waals surface area contributed by atoms with Gasteiger partial charge in [0, 0.05) is 12.8 Å². The molecule has 198 valence electrons. The Bertz CT molecular complexity index is 1050. The Hall–Kier alpha value is -4.29. The zero-order valence-electron chi connectivity index (χ0n) is 20.1. The van der Waals surface area contributed by atoms with Gasteiger partial charge in [0.05, 0.1) is 19.6 Å². The van der Waals surface area contributed by atoms with Crippen LogP contribution in [-0.2, 0) is 41.6 Å². The van der Waals surface area contributed by atoms with Crippen LogP contribution in [0.15, 0.2) is 60.7 Å². The van der Waals surface area contributed by atoms with E-state index >= 15 is 0 Å². The average Bonchev–Trinajstić information content (AvgIpc) is 2.90. The highest BCUT2D eigenvalue weighted by atomic mass is 16.5. The fourth-order valence-electron chi connectivity index (χ4n) is 3.18. The third-order valence-corrected chi connectivity index (χ3v) is 5.08. The first-order chi connectivity index (χ1) is 17.8. The van der Waals surface area contributed by atoms with Crippen molar-refractivity contribution in [1.29, 1.82) is 0 Å². The number of carbonyl (C=O) groups is 5. The van der Waals surface area contributed by atoms with Crippen LogP contribution in [0.4, 0.5) is 0 Å². The predicted molar refractivity (Wildman–Crippen MR) is 133 cm³/mol. The molecular formula is C25H31N5O7. The lowest BCUT2D eigenvalue weighted by Gasteiger charge is -2.19. The first kappa shape index (κ1) is 28.9. The minimum absolute atomic E-state index is 0.120. The van der Waals surface area contributed by atoms with E-state index in [1.165, 1.54) is 0 Å². The van der Waals surface area contributed by atoms with Crippen LogP contribution < -0.4 is 27.0 Å². The molecule has 0 aromatic heterocycles. The highest BCUT2D eigenvalue weighted by Crippen LogP contribution is 2.06. The van der Waals surface area contributed by atoms with Crippen molar-refractivity contribution < 1.29 is 33.8 Å². The van der Waals surface area contributed by atoms with Gasteiger partial charge in [-0.05, 0) is 11.1 Å². The van der Waals surface area contributed by atoms with Crippen molar-refractivity contribution in [1.82, 2.24) is 21.3 Å². The van der Waals surface area contributed by atoms with Crippen LogP contribution in [-0.4, -0.2) is 73.2 Å². The Balaban J connectivity index is 1.85. The number of carbonyl (C=O) groups excluding carboxylic acids is 4. The molecule has 1 unspecified atom stereocenters. The minimum Gasteiger partial charge on any atom is -0.479 e. The van der Waals surface area contributed by atoms with Gasteiger partial charge in [-0.1, -0.05) is 60.7 Å². The Morgan fingerprint density at radius 1 is 0.757 bits per heavy atom. The van der Waals surface area contributed by atoms with Gasteiger partial charge >= 0.3 is 5.97 Å². The lowest BCUT2D eigenvalue weighted by atomic mass is 10.1. The van der Waals surface area contributed by atoms with Gasteiger partial charge < -0.3 is 36.8 Å². The molecule has 4 amide bonds. The number of hydrogen-bond acceptors (Lipinski definition) is 7. The molecule has 0 aliphatic rings. The molecule has 12 heteroatoms. The van der Waals surface area contributed by atoms with Crippen LogP contribution in [0.5, 0.6) is 0 Å². The van der Waals surface area contributed by atoms with Gasteiger partial charge in [-0.2, -0.15) is 0 Å². The highest BCUT2D eigenvalue weighted by molar-refractivity contribution is 5.92. The van der Waals surface area contributed by atoms with Crippen LogP contribution in [0.3, 0.4) is 0 Å². The fourth-order valence-corrected chi connectivity index (χ4v) is 3.18. The molecule has 2 atom stereocenters. The maximum atomic E-state index is 12.7. The number of hydrogen-bond donors (Lipinski definition) is 6. The number of amides is 4. The average molecular weight is 514 g/mol. The Labute approximate surface area is 213 Å². The van der Waals surface area contributed by atoms with E-state index in [0.717, 1.165) is 11.1 Å². The summed E-state index contributed by atoms with van der Waals surface area (Å²) in [6, 6.07) is 16.8. The van der Waals surface area contributed by atoms with Crippen LogP contribution in [0.25, 0.3) is 0 Å². The molecule has 12 nitrogen and oxygen atoms in total. The predicted octanol–water partition coefficient (Wildman–Crippen LogP) is -1.31. The maximum Gasteiger partial charge on any atom is 0.333 e. The molecule has 0 spiro atoms. The molecule has 0 heterocycles. The smallest absolute Gasteiger partial charge is 0.333 e. The lowest BCUT2D eigenvalue weighted by Crippen LogP contribution is -2.52. The SMILES string of the molecule is NCC(=O)NCC(=O)N[C@@H](Cc1ccccc1)C(=O)NCC(=O)NCOC(Cc1ccccc1)C(=O)O. The van der Waals surface area contributed by atoms with Gasteiger partial charge in [0.15, 0.2) is 6.10 Å². The van der Waals surface area contributed by atoms with Crippen molar-refractivity contribution in [2.75, 3.05) is 26.4 Å². The van der Waals surface area contributed by atoms with E-state index in [1.54, 1.807) is 54.6 Å². The second-order valence-corrected chi connectivity index (χ2v) is 7.94. The quantitative estimate of drug-likeness (QED) is 0.158. The summed E-state index contributed by atoms with van der Waals surface area (Å²) in [4.78, 5) is 59.8. The summed E-state index contributed by atoms with van der Waals surface area (Å²) in [5, 5.41) is 19.0. The molecule has 0 saturated heterocycles. The molecule has 0 aliphatic heterocycles. The summed E-state index contributed by atoms with van der Waals surface area (Å²) >= 11 is 0. The first-order valence-corrected chi connectivity index (χ1v) is 11.5. The molecule has 2 aromatic carbocycles. The van der Waals surface area contributed by atoms with Gasteiger partial charge in [0.25, 0.3) is 0 Å². The van der Waals surface area contributed by atoms with Crippen molar-refractivity contribution in [2.24, 2.45) is 5.73 Å². The number of carboxylic acids is 1. The van der Waals surface area contributed by atoms with E-state index in [2.05, 4.69) is 21.3 Å². The second-order valence-electron chi connectivity index (χ2n) is 7.94. The van der Waals surface area contributed by atoms with Crippen LogP contribution in [0.1, 0.15) is 11.1 Å². The van der Waals surface area contributed by atoms with Gasteiger partial charge in [-0.15, -0.1) is 0 Å². The van der Waals surface area contributed by atoms with E-state index in [4.69, 9.17) is 10.5 Å². The van der Waals surface area contributed by atoms with Gasteiger partial charge in [0.1, 0.15) is 12.8 Å². The molecule has 0 saturated carbocycles. The highest BCUT2D eigenvalue weighted by Gasteiger charge is 2.22. The van der Waals surface area contributed by atoms with Gasteiger partial charge in [-0.3, -0.25) is 19.2 Å². The largest absolute Gasteiger partial charge is 0.479 e. The normalized spacial score (nSPS) is 12.0. The third kappa shape index (κ3) is 11.3. The topological polar surface area (TPSA) is 189 Å². The van der Waals surface area contributed by atoms with Crippen molar-refractivity contribution in [3.05, 3.63) is 71.8 Å². The Morgan fingerprint density at radius 2 is 1.32 bits per heavy atom.